The molecule has 6 heterocycles. The van der Waals surface area contributed by atoms with Crippen molar-refractivity contribution in [3.63, 3.8) is 0 Å². The summed E-state index contributed by atoms with van der Waals surface area (Å²) in [6, 6.07) is 45.7. The van der Waals surface area contributed by atoms with E-state index in [4.69, 9.17) is 9.72 Å². The van der Waals surface area contributed by atoms with E-state index in [-0.39, 0.29) is 0 Å². The number of pyridine rings is 2. The van der Waals surface area contributed by atoms with Crippen molar-refractivity contribution >= 4 is 27.3 Å². The molecule has 0 saturated carbocycles. The molecule has 0 fully saturated rings. The second kappa shape index (κ2) is 14.3. The fourth-order valence-electron chi connectivity index (χ4n) is 8.87. The van der Waals surface area contributed by atoms with Gasteiger partial charge in [-0.25, -0.2) is 0 Å². The molecule has 0 unspecified atom stereocenters. The van der Waals surface area contributed by atoms with Crippen LogP contribution in [0.25, 0.3) is 50.0 Å². The first-order valence-electron chi connectivity index (χ1n) is 20.0. The van der Waals surface area contributed by atoms with E-state index in [9.17, 15) is 0 Å². The Morgan fingerprint density at radius 2 is 1.33 bits per heavy atom. The normalized spacial score (nSPS) is 12.9. The topological polar surface area (TPSA) is 36.4 Å². The van der Waals surface area contributed by atoms with Crippen LogP contribution >= 0.6 is 0 Å². The summed E-state index contributed by atoms with van der Waals surface area (Å²) in [5.41, 5.74) is 16.7. The average molecular weight is 924 g/mol. The Morgan fingerprint density at radius 1 is 0.632 bits per heavy atom. The zero-order valence-corrected chi connectivity index (χ0v) is 35.0. The van der Waals surface area contributed by atoms with E-state index in [0.29, 0.717) is 5.92 Å². The molecule has 57 heavy (non-hydrogen) atoms. The molecule has 0 spiro atoms. The maximum absolute atomic E-state index is 6.73. The van der Waals surface area contributed by atoms with Gasteiger partial charge in [0.25, 0.3) is 0 Å². The zero-order chi connectivity index (χ0) is 38.8. The first-order valence-corrected chi connectivity index (χ1v) is 21.1. The number of aromatic nitrogens is 4. The van der Waals surface area contributed by atoms with Crippen molar-refractivity contribution < 1.29 is 24.1 Å². The molecule has 2 aliphatic heterocycles. The molecular formula is C51H44N4OPt. The molecule has 0 radical (unpaired) electrons. The summed E-state index contributed by atoms with van der Waals surface area (Å²) in [5, 5.41) is 2.36. The van der Waals surface area contributed by atoms with E-state index in [1.165, 1.54) is 66.5 Å². The quantitative estimate of drug-likeness (QED) is 0.167. The van der Waals surface area contributed by atoms with Gasteiger partial charge >= 0.3 is 261 Å². The number of rotatable bonds is 6. The molecule has 5 aromatic carbocycles. The third-order valence-corrected chi connectivity index (χ3v) is 13.2. The fraction of sp³-hybridized carbons (Fsp3) is 0.176. The van der Waals surface area contributed by atoms with Crippen molar-refractivity contribution in [3.05, 3.63) is 183 Å². The van der Waals surface area contributed by atoms with Crippen LogP contribution in [0.5, 0.6) is 11.5 Å². The SMILES string of the molecule is Cc1c2ccc(c1C)CCc1ccc(c3cn(-c4cccc(Oc5ccc6c7ccccc7n(-c7cc(C(C)C)c(-c8ccccc8)cn7)c6c5)c4)[c](=[Pt])n13)CC2. The van der Waals surface area contributed by atoms with E-state index in [2.05, 4.69) is 188 Å². The molecule has 284 valence electrons. The summed E-state index contributed by atoms with van der Waals surface area (Å²) in [6.45, 7) is 9.10. The third kappa shape index (κ3) is 6.20. The van der Waals surface area contributed by atoms with Gasteiger partial charge in [0.15, 0.2) is 0 Å². The Labute approximate surface area is 344 Å². The van der Waals surface area contributed by atoms with E-state index >= 15 is 0 Å². The zero-order valence-electron chi connectivity index (χ0n) is 32.7. The van der Waals surface area contributed by atoms with Crippen LogP contribution in [-0.4, -0.2) is 18.5 Å². The molecule has 0 amide bonds. The van der Waals surface area contributed by atoms with Crippen LogP contribution in [-0.2, 0) is 45.0 Å². The van der Waals surface area contributed by atoms with Crippen molar-refractivity contribution in [1.29, 1.82) is 0 Å². The van der Waals surface area contributed by atoms with Crippen molar-refractivity contribution in [2.24, 2.45) is 0 Å². The van der Waals surface area contributed by atoms with Gasteiger partial charge in [0.05, 0.1) is 0 Å². The fourth-order valence-corrected chi connectivity index (χ4v) is 9.91. The second-order valence-corrected chi connectivity index (χ2v) is 16.7. The van der Waals surface area contributed by atoms with Crippen LogP contribution in [0.1, 0.15) is 58.8 Å². The van der Waals surface area contributed by atoms with Crippen LogP contribution in [0.3, 0.4) is 0 Å². The number of benzene rings is 5. The Balaban J connectivity index is 1.03. The predicted molar refractivity (Wildman–Crippen MR) is 229 cm³/mol. The number of hydrogen-bond acceptors (Lipinski definition) is 2. The molecule has 0 N–H and O–H groups in total. The van der Waals surface area contributed by atoms with Crippen LogP contribution in [0.2, 0.25) is 0 Å². The number of imidazole rings is 1. The minimum absolute atomic E-state index is 0.324. The van der Waals surface area contributed by atoms with Crippen molar-refractivity contribution in [1.82, 2.24) is 18.5 Å². The number of aryl methyl sites for hydroxylation is 4. The monoisotopic (exact) mass is 923 g/mol. The van der Waals surface area contributed by atoms with Crippen molar-refractivity contribution in [3.8, 4) is 34.1 Å². The molecule has 13 rings (SSSR count). The summed E-state index contributed by atoms with van der Waals surface area (Å²) < 4.78 is 15.0. The molecule has 4 aromatic heterocycles. The molecule has 9 aromatic rings. The summed E-state index contributed by atoms with van der Waals surface area (Å²) in [4.78, 5) is 5.10. The molecular weight excluding hydrogens is 880 g/mol. The van der Waals surface area contributed by atoms with Crippen LogP contribution < -0.4 is 4.74 Å². The van der Waals surface area contributed by atoms with Gasteiger partial charge in [-0.2, -0.15) is 0 Å². The summed E-state index contributed by atoms with van der Waals surface area (Å²) in [7, 11) is 0. The Hall–Kier alpha value is -5.77. The summed E-state index contributed by atoms with van der Waals surface area (Å²) in [6.07, 6.45) is 8.39. The average Bonchev–Trinajstić information content (AvgIpc) is 3.75. The molecule has 0 atom stereocenters. The van der Waals surface area contributed by atoms with Crippen molar-refractivity contribution in [2.45, 2.75) is 59.3 Å². The van der Waals surface area contributed by atoms with Gasteiger partial charge in [0.2, 0.25) is 0 Å². The number of fused-ring (bicyclic) bond motifs is 3. The Kier molecular flexibility index (Phi) is 8.95. The first-order chi connectivity index (χ1) is 27.8. The standard InChI is InChI=1S/C51H44N4O.Pt/c1-33(2)46-29-51(52-30-47(46)38-11-6-5-7-12-38)55-48-16-9-8-15-44(48)45-26-25-43(28-49(45)55)56-42-14-10-13-41(27-42)53-31-50-39-20-19-36-17-18-37(35(4)34(36)3)21-23-40(24-22-39)54(50)32-53;/h5-18,22,24-31,33H,19-21,23H2,1-4H3;. The summed E-state index contributed by atoms with van der Waals surface area (Å²) >= 11 is 2.51. The number of ether oxygens (including phenoxy) is 1. The molecule has 4 bridgehead atoms. The van der Waals surface area contributed by atoms with Gasteiger partial charge < -0.3 is 0 Å². The first kappa shape index (κ1) is 35.6. The molecule has 4 aliphatic rings. The third-order valence-electron chi connectivity index (χ3n) is 12.1. The van der Waals surface area contributed by atoms with Crippen molar-refractivity contribution in [2.75, 3.05) is 0 Å². The molecule has 6 heteroatoms. The van der Waals surface area contributed by atoms with Gasteiger partial charge in [-0.3, -0.25) is 0 Å². The van der Waals surface area contributed by atoms with Gasteiger partial charge in [-0.1, -0.05) is 56.3 Å². The van der Waals surface area contributed by atoms with Gasteiger partial charge in [0, 0.05) is 11.8 Å². The minimum atomic E-state index is 0.324. The molecule has 5 nitrogen and oxygen atoms in total. The molecule has 2 aliphatic carbocycles. The van der Waals surface area contributed by atoms with Crippen LogP contribution in [0.15, 0.2) is 140 Å². The Morgan fingerprint density at radius 3 is 2.14 bits per heavy atom. The van der Waals surface area contributed by atoms with Gasteiger partial charge in [-0.05, 0) is 17.0 Å². The van der Waals surface area contributed by atoms with E-state index in [0.717, 1.165) is 63.5 Å². The Bertz CT molecular complexity index is 3080. The predicted octanol–water partition coefficient (Wildman–Crippen LogP) is 12.4. The van der Waals surface area contributed by atoms with E-state index < -0.39 is 0 Å². The van der Waals surface area contributed by atoms with Gasteiger partial charge in [0.1, 0.15) is 0 Å². The number of para-hydroxylation sites is 1. The van der Waals surface area contributed by atoms with Crippen LogP contribution in [0.4, 0.5) is 0 Å². The second-order valence-electron chi connectivity index (χ2n) is 15.7. The van der Waals surface area contributed by atoms with Crippen LogP contribution in [0, 0.1) is 17.7 Å². The number of nitrogens with zero attached hydrogens (tertiary/aromatic N) is 4. The molecule has 0 saturated heterocycles. The van der Waals surface area contributed by atoms with E-state index in [1.807, 2.05) is 12.3 Å². The summed E-state index contributed by atoms with van der Waals surface area (Å²) in [5.74, 6) is 2.80. The van der Waals surface area contributed by atoms with E-state index in [1.54, 1.807) is 0 Å². The number of hydrogen-bond donors (Lipinski definition) is 0. The maximum atomic E-state index is 6.73. The van der Waals surface area contributed by atoms with Gasteiger partial charge in [-0.15, -0.1) is 0 Å².